The van der Waals surface area contributed by atoms with E-state index < -0.39 is 21.7 Å². The van der Waals surface area contributed by atoms with E-state index in [0.29, 0.717) is 32.5 Å². The molecule has 32 heavy (non-hydrogen) atoms. The fraction of sp³-hybridized carbons (Fsp3) is 0.435. The predicted molar refractivity (Wildman–Crippen MR) is 122 cm³/mol. The van der Waals surface area contributed by atoms with Gasteiger partial charge in [0.25, 0.3) is 0 Å². The van der Waals surface area contributed by atoms with E-state index in [1.807, 2.05) is 30.3 Å². The van der Waals surface area contributed by atoms with Crippen LogP contribution in [-0.2, 0) is 30.7 Å². The molecule has 0 aromatic heterocycles. The summed E-state index contributed by atoms with van der Waals surface area (Å²) in [5.41, 5.74) is 0.882. The van der Waals surface area contributed by atoms with Gasteiger partial charge >= 0.3 is 6.09 Å². The molecule has 2 fully saturated rings. The van der Waals surface area contributed by atoms with Crippen molar-refractivity contribution >= 4 is 31.9 Å². The van der Waals surface area contributed by atoms with Crippen LogP contribution in [0.1, 0.15) is 24.8 Å². The number of carbonyl (C=O) groups excluding carboxylic acids is 1. The Hall–Kier alpha value is -1.94. The second-order valence-electron chi connectivity index (χ2n) is 8.16. The molecule has 1 aliphatic carbocycles. The second-order valence-corrected chi connectivity index (χ2v) is 11.1. The Labute approximate surface area is 196 Å². The third-order valence-electron chi connectivity index (χ3n) is 5.91. The molecule has 2 aromatic carbocycles. The van der Waals surface area contributed by atoms with E-state index in [1.165, 1.54) is 0 Å². The molecule has 1 spiro atoms. The molecule has 1 aliphatic heterocycles. The largest absolute Gasteiger partial charge is 0.445 e. The molecule has 2 aromatic rings. The van der Waals surface area contributed by atoms with Crippen LogP contribution in [0, 0.1) is 5.92 Å². The minimum absolute atomic E-state index is 0.118. The average Bonchev–Trinajstić information content (AvgIpc) is 3.23. The molecule has 1 heterocycles. The Kier molecular flexibility index (Phi) is 7.19. The highest BCUT2D eigenvalue weighted by Crippen LogP contribution is 2.40. The summed E-state index contributed by atoms with van der Waals surface area (Å²) in [4.78, 5) is 12.7. The third-order valence-corrected chi connectivity index (χ3v) is 8.30. The summed E-state index contributed by atoms with van der Waals surface area (Å²) in [5, 5.41) is 2.88. The van der Waals surface area contributed by atoms with Gasteiger partial charge in [-0.2, -0.15) is 0 Å². The zero-order chi connectivity index (χ0) is 22.6. The van der Waals surface area contributed by atoms with Crippen molar-refractivity contribution < 1.29 is 27.4 Å². The molecule has 7 nitrogen and oxygen atoms in total. The summed E-state index contributed by atoms with van der Waals surface area (Å²) in [6.45, 7) is 1.13. The van der Waals surface area contributed by atoms with Gasteiger partial charge in [0.15, 0.2) is 15.6 Å². The monoisotopic (exact) mass is 523 g/mol. The van der Waals surface area contributed by atoms with Crippen LogP contribution in [0.3, 0.4) is 0 Å². The van der Waals surface area contributed by atoms with E-state index in [2.05, 4.69) is 21.2 Å². The first-order chi connectivity index (χ1) is 15.4. The summed E-state index contributed by atoms with van der Waals surface area (Å²) < 4.78 is 44.1. The van der Waals surface area contributed by atoms with Crippen molar-refractivity contribution in [3.8, 4) is 0 Å². The zero-order valence-corrected chi connectivity index (χ0v) is 19.9. The highest BCUT2D eigenvalue weighted by atomic mass is 79.9. The van der Waals surface area contributed by atoms with Crippen molar-refractivity contribution in [2.75, 3.05) is 19.0 Å². The van der Waals surface area contributed by atoms with Gasteiger partial charge in [0.2, 0.25) is 0 Å². The van der Waals surface area contributed by atoms with Crippen molar-refractivity contribution in [2.24, 2.45) is 5.92 Å². The number of amides is 1. The quantitative estimate of drug-likeness (QED) is 0.613. The highest BCUT2D eigenvalue weighted by molar-refractivity contribution is 9.10. The number of benzene rings is 2. The van der Waals surface area contributed by atoms with E-state index in [4.69, 9.17) is 14.2 Å². The van der Waals surface area contributed by atoms with E-state index in [9.17, 15) is 13.2 Å². The maximum absolute atomic E-state index is 13.1. The smallest absolute Gasteiger partial charge is 0.407 e. The first-order valence-corrected chi connectivity index (χ1v) is 13.0. The number of ether oxygens (including phenoxy) is 3. The minimum Gasteiger partial charge on any atom is -0.445 e. The van der Waals surface area contributed by atoms with Crippen molar-refractivity contribution in [1.82, 2.24) is 5.32 Å². The molecule has 0 unspecified atom stereocenters. The van der Waals surface area contributed by atoms with Crippen molar-refractivity contribution in [3.05, 3.63) is 64.6 Å². The molecule has 0 radical (unpaired) electrons. The molecule has 0 bridgehead atoms. The van der Waals surface area contributed by atoms with Crippen LogP contribution in [0.15, 0.2) is 64.0 Å². The molecule has 9 heteroatoms. The SMILES string of the molecule is O=C(N[C@H]1CCC2(C[C@H]1CS(=O)(=O)c1ccc(Br)cc1)OCCO2)OCc1ccccc1. The van der Waals surface area contributed by atoms with Crippen molar-refractivity contribution in [3.63, 3.8) is 0 Å². The molecule has 2 atom stereocenters. The number of alkyl carbamates (subject to hydrolysis) is 1. The topological polar surface area (TPSA) is 90.9 Å². The summed E-state index contributed by atoms with van der Waals surface area (Å²) >= 11 is 3.33. The number of halogens is 1. The number of hydrogen-bond donors (Lipinski definition) is 1. The van der Waals surface area contributed by atoms with Gasteiger partial charge in [0.05, 0.1) is 23.9 Å². The number of nitrogens with one attached hydrogen (secondary N) is 1. The molecule has 1 saturated heterocycles. The fourth-order valence-corrected chi connectivity index (χ4v) is 6.24. The lowest BCUT2D eigenvalue weighted by molar-refractivity contribution is -0.188. The van der Waals surface area contributed by atoms with Crippen LogP contribution in [-0.4, -0.2) is 45.3 Å². The summed E-state index contributed by atoms with van der Waals surface area (Å²) in [6.07, 6.45) is 0.966. The van der Waals surface area contributed by atoms with Gasteiger partial charge < -0.3 is 19.5 Å². The van der Waals surface area contributed by atoms with Crippen molar-refractivity contribution in [2.45, 2.75) is 42.6 Å². The minimum atomic E-state index is -3.57. The van der Waals surface area contributed by atoms with Crippen LogP contribution in [0.25, 0.3) is 0 Å². The summed E-state index contributed by atoms with van der Waals surface area (Å²) in [7, 11) is -3.57. The van der Waals surface area contributed by atoms with Crippen LogP contribution in [0.4, 0.5) is 4.79 Å². The highest BCUT2D eigenvalue weighted by Gasteiger charge is 2.46. The van der Waals surface area contributed by atoms with Gasteiger partial charge in [-0.1, -0.05) is 46.3 Å². The zero-order valence-electron chi connectivity index (χ0n) is 17.5. The third kappa shape index (κ3) is 5.70. The standard InChI is InChI=1S/C23H26BrNO6S/c24-19-6-8-20(9-7-19)32(27,28)16-18-14-23(30-12-13-31-23)11-10-21(18)25-22(26)29-15-17-4-2-1-3-5-17/h1-9,18,21H,10-16H2,(H,25,26)/t18-,21-/m0/s1. The molecule has 172 valence electrons. The number of sulfone groups is 1. The number of rotatable bonds is 6. The number of carbonyl (C=O) groups is 1. The van der Waals surface area contributed by atoms with Gasteiger partial charge in [-0.3, -0.25) is 0 Å². The van der Waals surface area contributed by atoms with Crippen LogP contribution < -0.4 is 5.32 Å². The van der Waals surface area contributed by atoms with E-state index in [-0.39, 0.29) is 29.2 Å². The molecular weight excluding hydrogens is 498 g/mol. The normalized spacial score (nSPS) is 22.5. The lowest BCUT2D eigenvalue weighted by atomic mass is 9.81. The van der Waals surface area contributed by atoms with Crippen LogP contribution in [0.2, 0.25) is 0 Å². The first kappa shape index (κ1) is 23.2. The molecule has 2 aliphatic rings. The Morgan fingerprint density at radius 3 is 2.47 bits per heavy atom. The van der Waals surface area contributed by atoms with Crippen LogP contribution in [0.5, 0.6) is 0 Å². The molecule has 1 saturated carbocycles. The Morgan fingerprint density at radius 2 is 1.78 bits per heavy atom. The van der Waals surface area contributed by atoms with E-state index >= 15 is 0 Å². The van der Waals surface area contributed by atoms with Gasteiger partial charge in [-0.25, -0.2) is 13.2 Å². The maximum atomic E-state index is 13.1. The fourth-order valence-electron chi connectivity index (χ4n) is 4.32. The molecule has 1 amide bonds. The second kappa shape index (κ2) is 9.91. The van der Waals surface area contributed by atoms with E-state index in [0.717, 1.165) is 10.0 Å². The van der Waals surface area contributed by atoms with E-state index in [1.54, 1.807) is 24.3 Å². The van der Waals surface area contributed by atoms with Crippen molar-refractivity contribution in [1.29, 1.82) is 0 Å². The maximum Gasteiger partial charge on any atom is 0.407 e. The van der Waals surface area contributed by atoms with Gasteiger partial charge in [0.1, 0.15) is 6.61 Å². The van der Waals surface area contributed by atoms with Gasteiger partial charge in [0, 0.05) is 23.4 Å². The lowest BCUT2D eigenvalue weighted by Crippen LogP contribution is -2.51. The summed E-state index contributed by atoms with van der Waals surface area (Å²) in [5.74, 6) is -1.27. The molecule has 1 N–H and O–H groups in total. The Bertz CT molecular complexity index is 1020. The molecule has 4 rings (SSSR count). The first-order valence-electron chi connectivity index (χ1n) is 10.6. The van der Waals surface area contributed by atoms with Crippen LogP contribution >= 0.6 is 15.9 Å². The van der Waals surface area contributed by atoms with Gasteiger partial charge in [-0.05, 0) is 42.2 Å². The number of hydrogen-bond acceptors (Lipinski definition) is 6. The average molecular weight is 524 g/mol. The lowest BCUT2D eigenvalue weighted by Gasteiger charge is -2.41. The Morgan fingerprint density at radius 1 is 1.09 bits per heavy atom. The van der Waals surface area contributed by atoms with Gasteiger partial charge in [-0.15, -0.1) is 0 Å². The summed E-state index contributed by atoms with van der Waals surface area (Å²) in [6, 6.07) is 15.6. The predicted octanol–water partition coefficient (Wildman–Crippen LogP) is 4.06. The Balaban J connectivity index is 1.46. The molecular formula is C23H26BrNO6S.